The summed E-state index contributed by atoms with van der Waals surface area (Å²) in [5.74, 6) is -2.59. The first-order chi connectivity index (χ1) is 9.01. The summed E-state index contributed by atoms with van der Waals surface area (Å²) in [6, 6.07) is 0. The number of carbonyl (C=O) groups is 2. The van der Waals surface area contributed by atoms with Crippen LogP contribution in [0.5, 0.6) is 0 Å². The molecule has 3 atom stereocenters. The minimum Gasteiger partial charge on any atom is -0.467 e. The van der Waals surface area contributed by atoms with Crippen LogP contribution in [0.15, 0.2) is 12.2 Å². The maximum atomic E-state index is 11.6. The van der Waals surface area contributed by atoms with Gasteiger partial charge in [-0.1, -0.05) is 6.08 Å². The van der Waals surface area contributed by atoms with Crippen LogP contribution in [0.1, 0.15) is 12.8 Å². The van der Waals surface area contributed by atoms with E-state index in [-0.39, 0.29) is 0 Å². The topological polar surface area (TPSA) is 91.3 Å². The van der Waals surface area contributed by atoms with Crippen molar-refractivity contribution >= 4 is 11.9 Å². The third kappa shape index (κ3) is 2.63. The van der Waals surface area contributed by atoms with Crippen LogP contribution in [-0.4, -0.2) is 55.4 Å². The van der Waals surface area contributed by atoms with Gasteiger partial charge in [0.15, 0.2) is 18.0 Å². The van der Waals surface area contributed by atoms with Crippen molar-refractivity contribution in [2.45, 2.75) is 36.9 Å². The number of hydrogen-bond donors (Lipinski definition) is 1. The first kappa shape index (κ1) is 14.0. The molecule has 1 heterocycles. The van der Waals surface area contributed by atoms with Crippen molar-refractivity contribution in [2.75, 3.05) is 14.2 Å². The lowest BCUT2D eigenvalue weighted by atomic mass is 10.00. The van der Waals surface area contributed by atoms with Crippen LogP contribution in [0.25, 0.3) is 0 Å². The molecule has 0 saturated carbocycles. The maximum Gasteiger partial charge on any atom is 0.338 e. The lowest BCUT2D eigenvalue weighted by Gasteiger charge is -2.28. The molecule has 1 saturated heterocycles. The Morgan fingerprint density at radius 1 is 1.21 bits per heavy atom. The Morgan fingerprint density at radius 3 is 2.11 bits per heavy atom. The molecule has 19 heavy (non-hydrogen) atoms. The number of ether oxygens (including phenoxy) is 4. The fourth-order valence-electron chi connectivity index (χ4n) is 2.14. The molecule has 1 aliphatic carbocycles. The van der Waals surface area contributed by atoms with E-state index in [1.807, 2.05) is 0 Å². The first-order valence-electron chi connectivity index (χ1n) is 5.90. The lowest BCUT2D eigenvalue weighted by molar-refractivity contribution is -0.172. The van der Waals surface area contributed by atoms with Gasteiger partial charge < -0.3 is 24.1 Å². The number of aliphatic hydroxyl groups excluding tert-OH is 1. The van der Waals surface area contributed by atoms with Gasteiger partial charge in [0.2, 0.25) is 0 Å². The van der Waals surface area contributed by atoms with Crippen molar-refractivity contribution < 1.29 is 33.6 Å². The van der Waals surface area contributed by atoms with Gasteiger partial charge in [0.05, 0.1) is 20.3 Å². The van der Waals surface area contributed by atoms with Crippen LogP contribution >= 0.6 is 0 Å². The van der Waals surface area contributed by atoms with Crippen molar-refractivity contribution in [2.24, 2.45) is 0 Å². The second-order valence-corrected chi connectivity index (χ2v) is 4.40. The summed E-state index contributed by atoms with van der Waals surface area (Å²) in [6.07, 6.45) is 0.864. The van der Waals surface area contributed by atoms with E-state index in [4.69, 9.17) is 9.47 Å². The van der Waals surface area contributed by atoms with Crippen molar-refractivity contribution in [1.82, 2.24) is 0 Å². The minimum atomic E-state index is -1.18. The number of methoxy groups -OCH3 is 2. The Labute approximate surface area is 110 Å². The summed E-state index contributed by atoms with van der Waals surface area (Å²) < 4.78 is 20.2. The first-order valence-corrected chi connectivity index (χ1v) is 5.90. The zero-order chi connectivity index (χ0) is 14.0. The highest BCUT2D eigenvalue weighted by molar-refractivity contribution is 5.86. The van der Waals surface area contributed by atoms with Gasteiger partial charge in [0, 0.05) is 6.42 Å². The quantitative estimate of drug-likeness (QED) is 0.536. The van der Waals surface area contributed by atoms with Gasteiger partial charge >= 0.3 is 11.9 Å². The zero-order valence-corrected chi connectivity index (χ0v) is 10.7. The normalized spacial score (nSPS) is 32.3. The second-order valence-electron chi connectivity index (χ2n) is 4.40. The molecule has 1 unspecified atom stereocenters. The number of rotatable bonds is 2. The molecule has 0 radical (unpaired) electrons. The zero-order valence-electron chi connectivity index (χ0n) is 10.7. The highest BCUT2D eigenvalue weighted by atomic mass is 16.8. The summed E-state index contributed by atoms with van der Waals surface area (Å²) in [7, 11) is 2.40. The SMILES string of the molecule is COC(=O)[C@H]1OC2(C=CC(O)CC2)O[C@@H]1C(=O)OC. The Hall–Kier alpha value is -1.44. The van der Waals surface area contributed by atoms with Crippen LogP contribution in [0.3, 0.4) is 0 Å². The fraction of sp³-hybridized carbons (Fsp3) is 0.667. The third-order valence-electron chi connectivity index (χ3n) is 3.16. The molecule has 2 aliphatic rings. The summed E-state index contributed by atoms with van der Waals surface area (Å²) in [4.78, 5) is 23.3. The van der Waals surface area contributed by atoms with E-state index in [2.05, 4.69) is 9.47 Å². The van der Waals surface area contributed by atoms with Crippen molar-refractivity contribution in [3.8, 4) is 0 Å². The summed E-state index contributed by atoms with van der Waals surface area (Å²) in [5, 5.41) is 9.41. The molecular weight excluding hydrogens is 256 g/mol. The molecule has 0 aromatic heterocycles. The van der Waals surface area contributed by atoms with E-state index in [1.54, 1.807) is 0 Å². The standard InChI is InChI=1S/C12H16O7/c1-16-10(14)8-9(11(15)17-2)19-12(18-8)5-3-7(13)4-6-12/h3,5,7-9,13H,4,6H2,1-2H3/t7?,8-,9-/m0/s1. The van der Waals surface area contributed by atoms with Gasteiger partial charge in [-0.15, -0.1) is 0 Å². The second kappa shape index (κ2) is 5.28. The average molecular weight is 272 g/mol. The van der Waals surface area contributed by atoms with E-state index >= 15 is 0 Å². The number of carbonyl (C=O) groups excluding carboxylic acids is 2. The molecule has 0 aromatic rings. The molecule has 106 valence electrons. The van der Waals surface area contributed by atoms with Crippen molar-refractivity contribution in [3.05, 3.63) is 12.2 Å². The van der Waals surface area contributed by atoms with E-state index < -0.39 is 36.0 Å². The monoisotopic (exact) mass is 272 g/mol. The van der Waals surface area contributed by atoms with Crippen LogP contribution in [0.4, 0.5) is 0 Å². The third-order valence-corrected chi connectivity index (χ3v) is 3.16. The van der Waals surface area contributed by atoms with Crippen LogP contribution in [0.2, 0.25) is 0 Å². The van der Waals surface area contributed by atoms with Gasteiger partial charge in [-0.25, -0.2) is 9.59 Å². The fourth-order valence-corrected chi connectivity index (χ4v) is 2.14. The Bertz CT molecular complexity index is 379. The maximum absolute atomic E-state index is 11.6. The smallest absolute Gasteiger partial charge is 0.338 e. The summed E-state index contributed by atoms with van der Waals surface area (Å²) in [6.45, 7) is 0. The summed E-state index contributed by atoms with van der Waals surface area (Å²) in [5.41, 5.74) is 0. The van der Waals surface area contributed by atoms with Crippen LogP contribution < -0.4 is 0 Å². The predicted molar refractivity (Wildman–Crippen MR) is 60.9 cm³/mol. The molecule has 2 rings (SSSR count). The summed E-state index contributed by atoms with van der Waals surface area (Å²) >= 11 is 0. The molecule has 7 heteroatoms. The Morgan fingerprint density at radius 2 is 1.74 bits per heavy atom. The minimum absolute atomic E-state index is 0.339. The van der Waals surface area contributed by atoms with Gasteiger partial charge in [-0.3, -0.25) is 0 Å². The largest absolute Gasteiger partial charge is 0.467 e. The molecular formula is C12H16O7. The molecule has 0 amide bonds. The highest BCUT2D eigenvalue weighted by Gasteiger charge is 2.54. The Balaban J connectivity index is 2.22. The van der Waals surface area contributed by atoms with Crippen LogP contribution in [-0.2, 0) is 28.5 Å². The molecule has 1 fully saturated rings. The van der Waals surface area contributed by atoms with Crippen molar-refractivity contribution in [3.63, 3.8) is 0 Å². The average Bonchev–Trinajstić information content (AvgIpc) is 2.80. The van der Waals surface area contributed by atoms with Gasteiger partial charge in [-0.05, 0) is 12.5 Å². The molecule has 7 nitrogen and oxygen atoms in total. The molecule has 0 bridgehead atoms. The van der Waals surface area contributed by atoms with E-state index in [0.717, 1.165) is 0 Å². The molecule has 1 spiro atoms. The van der Waals surface area contributed by atoms with E-state index in [9.17, 15) is 14.7 Å². The van der Waals surface area contributed by atoms with E-state index in [0.29, 0.717) is 12.8 Å². The van der Waals surface area contributed by atoms with Gasteiger partial charge in [-0.2, -0.15) is 0 Å². The predicted octanol–water partition coefficient (Wildman–Crippen LogP) is -0.476. The Kier molecular flexibility index (Phi) is 3.88. The van der Waals surface area contributed by atoms with Crippen molar-refractivity contribution in [1.29, 1.82) is 0 Å². The molecule has 0 aromatic carbocycles. The number of aliphatic hydroxyl groups is 1. The number of esters is 2. The molecule has 1 N–H and O–H groups in total. The van der Waals surface area contributed by atoms with Gasteiger partial charge in [0.25, 0.3) is 0 Å². The van der Waals surface area contributed by atoms with E-state index in [1.165, 1.54) is 26.4 Å². The van der Waals surface area contributed by atoms with Gasteiger partial charge in [0.1, 0.15) is 0 Å². The number of hydrogen-bond acceptors (Lipinski definition) is 7. The van der Waals surface area contributed by atoms with Crippen LogP contribution in [0, 0.1) is 0 Å². The lowest BCUT2D eigenvalue weighted by Crippen LogP contribution is -2.38. The molecule has 1 aliphatic heterocycles. The highest BCUT2D eigenvalue weighted by Crippen LogP contribution is 2.37.